The van der Waals surface area contributed by atoms with Gasteiger partial charge in [0.15, 0.2) is 6.10 Å². The van der Waals surface area contributed by atoms with Gasteiger partial charge in [0.1, 0.15) is 12.4 Å². The molecule has 53 heavy (non-hydrogen) atoms. The van der Waals surface area contributed by atoms with E-state index in [0.29, 0.717) is 25.7 Å². The third kappa shape index (κ3) is 27.5. The number of carbonyl (C=O) groups excluding carboxylic acids is 3. The molecule has 8 nitrogen and oxygen atoms in total. The molecule has 1 fully saturated rings. The quantitative estimate of drug-likeness (QED) is 0.0328. The average Bonchev–Trinajstić information content (AvgIpc) is 3.40. The van der Waals surface area contributed by atoms with Crippen molar-refractivity contribution in [2.24, 2.45) is 17.8 Å². The lowest BCUT2D eigenvalue weighted by Gasteiger charge is -2.18. The van der Waals surface area contributed by atoms with Crippen molar-refractivity contribution in [3.63, 3.8) is 0 Å². The number of ether oxygens (including phenoxy) is 2. The maximum absolute atomic E-state index is 12.5. The molecule has 1 rings (SSSR count). The van der Waals surface area contributed by atoms with Crippen LogP contribution in [-0.2, 0) is 23.9 Å². The standard InChI is InChI=1S/C45H82O8/c1-4-5-22-28-38(47)32-33-41-40(42(48)34-43(41)49)29-24-20-21-25-30-44(50)52-36-39(35-46)53-45(51)31-26-19-17-15-13-11-9-7-6-8-10-12-14-16-18-23-27-37(2)3/h32-33,37-41,43,46-47,49H,4-31,34-36H2,1-3H3/b33-32+/t38-,39-,40+,41+,43+/m0/s1. The van der Waals surface area contributed by atoms with Crippen LogP contribution in [0.15, 0.2) is 12.2 Å². The van der Waals surface area contributed by atoms with Crippen LogP contribution in [0.25, 0.3) is 0 Å². The number of unbranched alkanes of at least 4 members (excludes halogenated alkanes) is 20. The summed E-state index contributed by atoms with van der Waals surface area (Å²) in [5.74, 6) is -0.288. The highest BCUT2D eigenvalue weighted by Gasteiger charge is 2.39. The molecule has 5 atom stereocenters. The molecule has 0 bridgehead atoms. The maximum atomic E-state index is 12.5. The van der Waals surface area contributed by atoms with Gasteiger partial charge in [-0.1, -0.05) is 174 Å². The minimum atomic E-state index is -0.843. The second-order valence-electron chi connectivity index (χ2n) is 16.4. The average molecular weight is 751 g/mol. The van der Waals surface area contributed by atoms with Gasteiger partial charge in [-0.3, -0.25) is 14.4 Å². The lowest BCUT2D eigenvalue weighted by Crippen LogP contribution is -2.28. The Morgan fingerprint density at radius 3 is 1.74 bits per heavy atom. The van der Waals surface area contributed by atoms with E-state index >= 15 is 0 Å². The van der Waals surface area contributed by atoms with Gasteiger partial charge in [0.05, 0.1) is 18.8 Å². The number of carbonyl (C=O) groups is 3. The predicted molar refractivity (Wildman–Crippen MR) is 215 cm³/mol. The van der Waals surface area contributed by atoms with Crippen molar-refractivity contribution in [3.8, 4) is 0 Å². The molecule has 0 aromatic rings. The molecule has 0 aromatic heterocycles. The van der Waals surface area contributed by atoms with Crippen molar-refractivity contribution in [1.82, 2.24) is 0 Å². The van der Waals surface area contributed by atoms with Crippen LogP contribution in [-0.4, -0.2) is 64.6 Å². The van der Waals surface area contributed by atoms with E-state index in [1.165, 1.54) is 89.9 Å². The van der Waals surface area contributed by atoms with Gasteiger partial charge >= 0.3 is 11.9 Å². The van der Waals surface area contributed by atoms with Gasteiger partial charge in [-0.15, -0.1) is 0 Å². The molecule has 0 spiro atoms. The first-order valence-corrected chi connectivity index (χ1v) is 22.2. The van der Waals surface area contributed by atoms with Gasteiger partial charge in [-0.25, -0.2) is 0 Å². The van der Waals surface area contributed by atoms with E-state index in [1.807, 2.05) is 6.08 Å². The molecule has 0 unspecified atom stereocenters. The smallest absolute Gasteiger partial charge is 0.306 e. The van der Waals surface area contributed by atoms with Crippen LogP contribution in [0.5, 0.6) is 0 Å². The lowest BCUT2D eigenvalue weighted by molar-refractivity contribution is -0.161. The van der Waals surface area contributed by atoms with E-state index < -0.39 is 18.3 Å². The number of hydrogen-bond acceptors (Lipinski definition) is 8. The van der Waals surface area contributed by atoms with Gasteiger partial charge in [0.25, 0.3) is 0 Å². The van der Waals surface area contributed by atoms with Crippen molar-refractivity contribution in [3.05, 3.63) is 12.2 Å². The summed E-state index contributed by atoms with van der Waals surface area (Å²) in [6, 6.07) is 0. The molecular formula is C45H82O8. The maximum Gasteiger partial charge on any atom is 0.306 e. The zero-order chi connectivity index (χ0) is 38.9. The topological polar surface area (TPSA) is 130 Å². The monoisotopic (exact) mass is 751 g/mol. The molecule has 0 aliphatic heterocycles. The Hall–Kier alpha value is -1.77. The number of esters is 2. The Balaban J connectivity index is 2.01. The van der Waals surface area contributed by atoms with Gasteiger partial charge in [0, 0.05) is 31.1 Å². The van der Waals surface area contributed by atoms with Crippen LogP contribution in [0.3, 0.4) is 0 Å². The molecule has 1 aliphatic rings. The van der Waals surface area contributed by atoms with Gasteiger partial charge in [0.2, 0.25) is 0 Å². The number of rotatable bonds is 36. The molecule has 0 amide bonds. The van der Waals surface area contributed by atoms with E-state index in [0.717, 1.165) is 63.7 Å². The van der Waals surface area contributed by atoms with Crippen molar-refractivity contribution >= 4 is 17.7 Å². The highest BCUT2D eigenvalue weighted by atomic mass is 16.6. The first-order chi connectivity index (χ1) is 25.7. The van der Waals surface area contributed by atoms with Crippen LogP contribution < -0.4 is 0 Å². The summed E-state index contributed by atoms with van der Waals surface area (Å²) < 4.78 is 10.6. The molecular weight excluding hydrogens is 668 g/mol. The summed E-state index contributed by atoms with van der Waals surface area (Å²) in [7, 11) is 0. The van der Waals surface area contributed by atoms with Gasteiger partial charge in [-0.05, 0) is 31.6 Å². The summed E-state index contributed by atoms with van der Waals surface area (Å²) in [6.45, 7) is 6.21. The van der Waals surface area contributed by atoms with E-state index in [4.69, 9.17) is 9.47 Å². The van der Waals surface area contributed by atoms with Crippen molar-refractivity contribution in [2.45, 2.75) is 225 Å². The minimum Gasteiger partial charge on any atom is -0.462 e. The molecule has 0 saturated heterocycles. The third-order valence-electron chi connectivity index (χ3n) is 10.9. The van der Waals surface area contributed by atoms with Crippen LogP contribution in [0.2, 0.25) is 0 Å². The summed E-state index contributed by atoms with van der Waals surface area (Å²) in [5, 5.41) is 30.2. The van der Waals surface area contributed by atoms with Crippen molar-refractivity contribution in [1.29, 1.82) is 0 Å². The Labute approximate surface area is 324 Å². The largest absolute Gasteiger partial charge is 0.462 e. The molecule has 0 radical (unpaired) electrons. The highest BCUT2D eigenvalue weighted by molar-refractivity contribution is 5.84. The molecule has 3 N–H and O–H groups in total. The highest BCUT2D eigenvalue weighted by Crippen LogP contribution is 2.34. The first kappa shape index (κ1) is 49.2. The summed E-state index contributed by atoms with van der Waals surface area (Å²) in [4.78, 5) is 37.0. The van der Waals surface area contributed by atoms with E-state index in [1.54, 1.807) is 6.08 Å². The van der Waals surface area contributed by atoms with Crippen LogP contribution in [0.4, 0.5) is 0 Å². The Kier molecular flexibility index (Phi) is 31.2. The van der Waals surface area contributed by atoms with E-state index in [9.17, 15) is 29.7 Å². The molecule has 310 valence electrons. The molecule has 1 aliphatic carbocycles. The fraction of sp³-hybridized carbons (Fsp3) is 0.889. The molecule has 0 heterocycles. The summed E-state index contributed by atoms with van der Waals surface area (Å²) in [5.41, 5.74) is 0. The number of aliphatic hydroxyl groups excluding tert-OH is 3. The van der Waals surface area contributed by atoms with Crippen LogP contribution >= 0.6 is 0 Å². The van der Waals surface area contributed by atoms with Crippen LogP contribution in [0.1, 0.15) is 207 Å². The minimum absolute atomic E-state index is 0.0839. The van der Waals surface area contributed by atoms with Gasteiger partial charge in [-0.2, -0.15) is 0 Å². The van der Waals surface area contributed by atoms with Crippen LogP contribution in [0, 0.1) is 17.8 Å². The Bertz CT molecular complexity index is 933. The Morgan fingerprint density at radius 2 is 1.21 bits per heavy atom. The molecule has 0 aromatic carbocycles. The fourth-order valence-electron chi connectivity index (χ4n) is 7.46. The van der Waals surface area contributed by atoms with E-state index in [2.05, 4.69) is 20.8 Å². The number of aliphatic hydroxyl groups is 3. The van der Waals surface area contributed by atoms with E-state index in [-0.39, 0.29) is 55.6 Å². The number of ketones is 1. The SMILES string of the molecule is CCCCC[C@H](O)/C=C/[C@H]1[C@H](O)CC(=O)[C@@H]1CCCCCCC(=O)OC[C@H](CO)OC(=O)CCCCCCCCCCCCCCCCCCC(C)C. The van der Waals surface area contributed by atoms with Gasteiger partial charge < -0.3 is 24.8 Å². The predicted octanol–water partition coefficient (Wildman–Crippen LogP) is 10.5. The molecule has 8 heteroatoms. The summed E-state index contributed by atoms with van der Waals surface area (Å²) >= 11 is 0. The number of Topliss-reactive ketones (excluding diaryl/α,β-unsaturated/α-hetero) is 1. The lowest BCUT2D eigenvalue weighted by atomic mass is 9.88. The Morgan fingerprint density at radius 1 is 0.717 bits per heavy atom. The third-order valence-corrected chi connectivity index (χ3v) is 10.9. The van der Waals surface area contributed by atoms with Crippen molar-refractivity contribution in [2.75, 3.05) is 13.2 Å². The number of hydrogen-bond donors (Lipinski definition) is 3. The second-order valence-corrected chi connectivity index (χ2v) is 16.4. The first-order valence-electron chi connectivity index (χ1n) is 22.2. The fourth-order valence-corrected chi connectivity index (χ4v) is 7.46. The summed E-state index contributed by atoms with van der Waals surface area (Å²) in [6.07, 6.45) is 31.7. The normalized spacial score (nSPS) is 18.6. The zero-order valence-electron chi connectivity index (χ0n) is 34.4. The van der Waals surface area contributed by atoms with Crippen molar-refractivity contribution < 1.29 is 39.2 Å². The molecule has 1 saturated carbocycles. The second kappa shape index (κ2) is 33.6. The zero-order valence-corrected chi connectivity index (χ0v) is 34.4.